The number of rotatable bonds is 5. The third kappa shape index (κ3) is 5.07. The number of piperazine rings is 1. The van der Waals surface area contributed by atoms with Crippen LogP contribution in [0.3, 0.4) is 0 Å². The summed E-state index contributed by atoms with van der Waals surface area (Å²) in [4.78, 5) is 20.7. The molecule has 186 valence electrons. The van der Waals surface area contributed by atoms with Gasteiger partial charge in [-0.15, -0.1) is 0 Å². The van der Waals surface area contributed by atoms with Gasteiger partial charge in [0, 0.05) is 57.7 Å². The summed E-state index contributed by atoms with van der Waals surface area (Å²) < 4.78 is 68.1. The Bertz CT molecular complexity index is 1130. The first-order valence-electron chi connectivity index (χ1n) is 11.3. The van der Waals surface area contributed by atoms with E-state index in [1.807, 2.05) is 11.8 Å². The molecule has 34 heavy (non-hydrogen) atoms. The van der Waals surface area contributed by atoms with Gasteiger partial charge in [-0.05, 0) is 38.0 Å². The van der Waals surface area contributed by atoms with Gasteiger partial charge in [-0.1, -0.05) is 6.07 Å². The number of carbonyl (C=O) groups is 1. The van der Waals surface area contributed by atoms with Crippen LogP contribution in [-0.2, 0) is 27.5 Å². The van der Waals surface area contributed by atoms with Crippen LogP contribution >= 0.6 is 0 Å². The molecule has 0 unspecified atom stereocenters. The van der Waals surface area contributed by atoms with Crippen LogP contribution in [0.4, 0.5) is 18.9 Å². The SMILES string of the molecule is CCn1cnc(S(=O)(=O)N2CCC[C@H](C(=O)N3CCN(c4cccc(C(F)(F)F)c4)CC3)C2)c1. The van der Waals surface area contributed by atoms with Crippen molar-refractivity contribution in [3.63, 3.8) is 0 Å². The molecule has 0 saturated carbocycles. The lowest BCUT2D eigenvalue weighted by atomic mass is 9.97. The standard InChI is InChI=1S/C22H28F3N5O3S/c1-2-27-15-20(26-16-27)34(32,33)30-8-4-5-17(14-30)21(31)29-11-9-28(10-12-29)19-7-3-6-18(13-19)22(23,24)25/h3,6-7,13,15-17H,2,4-5,8-12,14H2,1H3/t17-/m0/s1. The number of carbonyl (C=O) groups excluding carboxylic acids is 1. The fraction of sp³-hybridized carbons (Fsp3) is 0.545. The van der Waals surface area contributed by atoms with Crippen molar-refractivity contribution in [3.05, 3.63) is 42.4 Å². The number of amides is 1. The highest BCUT2D eigenvalue weighted by molar-refractivity contribution is 7.89. The predicted molar refractivity (Wildman–Crippen MR) is 120 cm³/mol. The summed E-state index contributed by atoms with van der Waals surface area (Å²) in [6.07, 6.45) is -0.261. The number of halogens is 3. The van der Waals surface area contributed by atoms with Crippen LogP contribution in [0.25, 0.3) is 0 Å². The van der Waals surface area contributed by atoms with Gasteiger partial charge >= 0.3 is 6.18 Å². The minimum absolute atomic E-state index is 0.0165. The Labute approximate surface area is 197 Å². The molecule has 1 aromatic heterocycles. The van der Waals surface area contributed by atoms with Crippen LogP contribution < -0.4 is 4.90 Å². The number of aromatic nitrogens is 2. The van der Waals surface area contributed by atoms with Gasteiger partial charge in [0.2, 0.25) is 5.91 Å². The molecular formula is C22H28F3N5O3S. The van der Waals surface area contributed by atoms with Gasteiger partial charge < -0.3 is 14.4 Å². The summed E-state index contributed by atoms with van der Waals surface area (Å²) in [5.41, 5.74) is -0.223. The first-order chi connectivity index (χ1) is 16.1. The number of nitrogens with zero attached hydrogens (tertiary/aromatic N) is 5. The molecule has 2 fully saturated rings. The molecule has 2 saturated heterocycles. The van der Waals surface area contributed by atoms with E-state index in [1.54, 1.807) is 15.5 Å². The Hall–Kier alpha value is -2.60. The number of alkyl halides is 3. The van der Waals surface area contributed by atoms with Crippen LogP contribution in [0.15, 0.2) is 41.8 Å². The maximum atomic E-state index is 13.2. The predicted octanol–water partition coefficient (Wildman–Crippen LogP) is 2.67. The second-order valence-corrected chi connectivity index (χ2v) is 10.5. The molecule has 1 atom stereocenters. The summed E-state index contributed by atoms with van der Waals surface area (Å²) in [5, 5.41) is -0.0165. The highest BCUT2D eigenvalue weighted by Gasteiger charge is 2.37. The molecule has 0 spiro atoms. The third-order valence-corrected chi connectivity index (χ3v) is 8.19. The Balaban J connectivity index is 1.38. The quantitative estimate of drug-likeness (QED) is 0.632. The number of benzene rings is 1. The van der Waals surface area contributed by atoms with Crippen molar-refractivity contribution in [1.82, 2.24) is 18.8 Å². The van der Waals surface area contributed by atoms with E-state index in [9.17, 15) is 26.4 Å². The molecule has 3 heterocycles. The minimum Gasteiger partial charge on any atom is -0.368 e. The summed E-state index contributed by atoms with van der Waals surface area (Å²) >= 11 is 0. The molecule has 2 aliphatic rings. The van der Waals surface area contributed by atoms with E-state index in [0.29, 0.717) is 57.8 Å². The van der Waals surface area contributed by atoms with E-state index in [4.69, 9.17) is 0 Å². The lowest BCUT2D eigenvalue weighted by Gasteiger charge is -2.39. The second-order valence-electron chi connectivity index (χ2n) is 8.60. The first kappa shape index (κ1) is 24.5. The summed E-state index contributed by atoms with van der Waals surface area (Å²) in [7, 11) is -3.78. The van der Waals surface area contributed by atoms with E-state index in [1.165, 1.54) is 22.9 Å². The number of anilines is 1. The normalized spacial score (nSPS) is 20.5. The van der Waals surface area contributed by atoms with E-state index in [-0.39, 0.29) is 17.5 Å². The average Bonchev–Trinajstić information content (AvgIpc) is 3.34. The Morgan fingerprint density at radius 1 is 1.15 bits per heavy atom. The first-order valence-corrected chi connectivity index (χ1v) is 12.8. The number of imidazole rings is 1. The van der Waals surface area contributed by atoms with E-state index >= 15 is 0 Å². The van der Waals surface area contributed by atoms with Gasteiger partial charge in [-0.2, -0.15) is 17.5 Å². The zero-order valence-electron chi connectivity index (χ0n) is 18.9. The van der Waals surface area contributed by atoms with Crippen LogP contribution in [0.2, 0.25) is 0 Å². The zero-order valence-corrected chi connectivity index (χ0v) is 19.7. The maximum absolute atomic E-state index is 13.2. The number of sulfonamides is 1. The van der Waals surface area contributed by atoms with Crippen LogP contribution in [0.5, 0.6) is 0 Å². The molecule has 2 aliphatic heterocycles. The van der Waals surface area contributed by atoms with Crippen LogP contribution in [0, 0.1) is 5.92 Å². The van der Waals surface area contributed by atoms with Gasteiger partial charge in [0.15, 0.2) is 5.03 Å². The Kier molecular flexibility index (Phi) is 6.90. The molecule has 1 amide bonds. The van der Waals surface area contributed by atoms with Crippen molar-refractivity contribution < 1.29 is 26.4 Å². The number of piperidine rings is 1. The summed E-state index contributed by atoms with van der Waals surface area (Å²) in [6, 6.07) is 5.19. The van der Waals surface area contributed by atoms with E-state index in [2.05, 4.69) is 4.98 Å². The lowest BCUT2D eigenvalue weighted by molar-refractivity contribution is -0.137. The van der Waals surface area contributed by atoms with Crippen LogP contribution in [0.1, 0.15) is 25.3 Å². The Morgan fingerprint density at radius 3 is 2.53 bits per heavy atom. The largest absolute Gasteiger partial charge is 0.416 e. The van der Waals surface area contributed by atoms with Gasteiger partial charge in [0.1, 0.15) is 0 Å². The molecule has 1 aromatic carbocycles. The van der Waals surface area contributed by atoms with Crippen molar-refractivity contribution in [2.75, 3.05) is 44.2 Å². The highest BCUT2D eigenvalue weighted by Crippen LogP contribution is 2.32. The molecule has 0 aliphatic carbocycles. The molecule has 0 radical (unpaired) electrons. The van der Waals surface area contributed by atoms with Crippen molar-refractivity contribution in [1.29, 1.82) is 0 Å². The van der Waals surface area contributed by atoms with Gasteiger partial charge in [0.25, 0.3) is 10.0 Å². The fourth-order valence-electron chi connectivity index (χ4n) is 4.46. The van der Waals surface area contributed by atoms with Crippen LogP contribution in [-0.4, -0.2) is 72.3 Å². The zero-order chi connectivity index (χ0) is 24.5. The molecule has 8 nitrogen and oxygen atoms in total. The highest BCUT2D eigenvalue weighted by atomic mass is 32.2. The summed E-state index contributed by atoms with van der Waals surface area (Å²) in [5.74, 6) is -0.556. The molecule has 0 N–H and O–H groups in total. The van der Waals surface area contributed by atoms with Crippen molar-refractivity contribution in [2.45, 2.75) is 37.5 Å². The van der Waals surface area contributed by atoms with E-state index < -0.39 is 27.7 Å². The topological polar surface area (TPSA) is 78.8 Å². The van der Waals surface area contributed by atoms with Crippen molar-refractivity contribution >= 4 is 21.6 Å². The minimum atomic E-state index is -4.41. The second kappa shape index (κ2) is 9.57. The number of hydrogen-bond acceptors (Lipinski definition) is 5. The lowest BCUT2D eigenvalue weighted by Crippen LogP contribution is -2.53. The third-order valence-electron chi connectivity index (χ3n) is 6.44. The smallest absolute Gasteiger partial charge is 0.368 e. The molecule has 4 rings (SSSR count). The maximum Gasteiger partial charge on any atom is 0.416 e. The Morgan fingerprint density at radius 2 is 1.88 bits per heavy atom. The van der Waals surface area contributed by atoms with E-state index in [0.717, 1.165) is 12.1 Å². The molecule has 2 aromatic rings. The van der Waals surface area contributed by atoms with Gasteiger partial charge in [-0.3, -0.25) is 4.79 Å². The number of hydrogen-bond donors (Lipinski definition) is 0. The molecular weight excluding hydrogens is 471 g/mol. The molecule has 0 bridgehead atoms. The number of aryl methyl sites for hydroxylation is 1. The monoisotopic (exact) mass is 499 g/mol. The van der Waals surface area contributed by atoms with Gasteiger partial charge in [0.05, 0.1) is 17.8 Å². The van der Waals surface area contributed by atoms with Crippen molar-refractivity contribution in [3.8, 4) is 0 Å². The average molecular weight is 500 g/mol. The van der Waals surface area contributed by atoms with Gasteiger partial charge in [-0.25, -0.2) is 13.4 Å². The van der Waals surface area contributed by atoms with Crippen molar-refractivity contribution in [2.24, 2.45) is 5.92 Å². The molecule has 12 heteroatoms. The summed E-state index contributed by atoms with van der Waals surface area (Å²) in [6.45, 7) is 4.52. The fourth-order valence-corrected chi connectivity index (χ4v) is 5.92.